The van der Waals surface area contributed by atoms with E-state index in [4.69, 9.17) is 0 Å². The van der Waals surface area contributed by atoms with Crippen LogP contribution in [-0.4, -0.2) is 4.98 Å². The average molecular weight is 351 g/mol. The van der Waals surface area contributed by atoms with E-state index in [9.17, 15) is 0 Å². The maximum atomic E-state index is 3.59. The van der Waals surface area contributed by atoms with Crippen LogP contribution in [0.5, 0.6) is 0 Å². The molecule has 1 heterocycles. The number of nitrogens with one attached hydrogen (secondary N) is 1. The van der Waals surface area contributed by atoms with E-state index in [0.717, 1.165) is 25.7 Å². The summed E-state index contributed by atoms with van der Waals surface area (Å²) in [5.41, 5.74) is 3.43. The summed E-state index contributed by atoms with van der Waals surface area (Å²) < 4.78 is 2.16. The largest absolute Gasteiger partial charge is 0.354 e. The fraction of sp³-hybridized carbons (Fsp3) is 0. The van der Waals surface area contributed by atoms with Crippen molar-refractivity contribution in [2.24, 2.45) is 0 Å². The Labute approximate surface area is 116 Å². The van der Waals surface area contributed by atoms with Crippen LogP contribution in [0.1, 0.15) is 0 Å². The third-order valence-corrected chi connectivity index (χ3v) is 4.08. The lowest BCUT2D eigenvalue weighted by Gasteiger charge is -2.04. The summed E-state index contributed by atoms with van der Waals surface area (Å²) in [6, 6.07) is 16.6. The van der Waals surface area contributed by atoms with Gasteiger partial charge in [-0.15, -0.1) is 0 Å². The van der Waals surface area contributed by atoms with Crippen LogP contribution in [0.2, 0.25) is 0 Å². The predicted molar refractivity (Wildman–Crippen MR) is 79.1 cm³/mol. The van der Waals surface area contributed by atoms with Crippen molar-refractivity contribution >= 4 is 42.8 Å². The molecule has 1 aromatic heterocycles. The van der Waals surface area contributed by atoms with Gasteiger partial charge in [-0.25, -0.2) is 0 Å². The molecule has 0 spiro atoms. The van der Waals surface area contributed by atoms with E-state index < -0.39 is 0 Å². The lowest BCUT2D eigenvalue weighted by molar-refractivity contribution is 1.43. The maximum Gasteiger partial charge on any atom is 0.0487 e. The number of hydrogen-bond donors (Lipinski definition) is 1. The highest BCUT2D eigenvalue weighted by Crippen LogP contribution is 2.35. The summed E-state index contributed by atoms with van der Waals surface area (Å²) in [5.74, 6) is 0. The molecule has 0 radical (unpaired) electrons. The van der Waals surface area contributed by atoms with Gasteiger partial charge in [0.25, 0.3) is 0 Å². The van der Waals surface area contributed by atoms with E-state index in [1.807, 2.05) is 24.3 Å². The highest BCUT2D eigenvalue weighted by atomic mass is 79.9. The van der Waals surface area contributed by atoms with Crippen molar-refractivity contribution in [1.29, 1.82) is 0 Å². The molecule has 0 saturated heterocycles. The Morgan fingerprint density at radius 2 is 1.53 bits per heavy atom. The number of fused-ring (bicyclic) bond motifs is 1. The van der Waals surface area contributed by atoms with Crippen LogP contribution >= 0.6 is 31.9 Å². The minimum Gasteiger partial charge on any atom is -0.354 e. The van der Waals surface area contributed by atoms with E-state index in [0.29, 0.717) is 0 Å². The molecule has 1 nitrogen and oxygen atoms in total. The SMILES string of the molecule is Brc1cccc(Br)c1-c1cc2ccccc2[nH]1. The van der Waals surface area contributed by atoms with Gasteiger partial charge in [-0.05, 0) is 24.3 Å². The van der Waals surface area contributed by atoms with Gasteiger partial charge in [-0.2, -0.15) is 0 Å². The molecule has 0 saturated carbocycles. The number of aromatic nitrogens is 1. The zero-order valence-corrected chi connectivity index (χ0v) is 12.0. The topological polar surface area (TPSA) is 15.8 Å². The Hall–Kier alpha value is -1.06. The summed E-state index contributed by atoms with van der Waals surface area (Å²) in [7, 11) is 0. The quantitative estimate of drug-likeness (QED) is 0.608. The Kier molecular flexibility index (Phi) is 2.81. The first kappa shape index (κ1) is 11.1. The second-order valence-electron chi connectivity index (χ2n) is 3.87. The molecule has 17 heavy (non-hydrogen) atoms. The fourth-order valence-electron chi connectivity index (χ4n) is 1.96. The molecule has 0 aliphatic heterocycles. The number of rotatable bonds is 1. The number of H-pyrrole nitrogens is 1. The molecular formula is C14H9Br2N. The van der Waals surface area contributed by atoms with Crippen LogP contribution in [-0.2, 0) is 0 Å². The zero-order chi connectivity index (χ0) is 11.8. The van der Waals surface area contributed by atoms with Crippen molar-refractivity contribution in [3.8, 4) is 11.3 Å². The minimum atomic E-state index is 1.08. The molecule has 0 bridgehead atoms. The monoisotopic (exact) mass is 349 g/mol. The van der Waals surface area contributed by atoms with Gasteiger partial charge < -0.3 is 4.98 Å². The lowest BCUT2D eigenvalue weighted by atomic mass is 10.1. The van der Waals surface area contributed by atoms with Crippen molar-refractivity contribution in [3.63, 3.8) is 0 Å². The van der Waals surface area contributed by atoms with Crippen LogP contribution in [0.25, 0.3) is 22.2 Å². The van der Waals surface area contributed by atoms with E-state index >= 15 is 0 Å². The van der Waals surface area contributed by atoms with Crippen LogP contribution in [0.4, 0.5) is 0 Å². The highest BCUT2D eigenvalue weighted by molar-refractivity contribution is 9.11. The molecule has 0 amide bonds. The van der Waals surface area contributed by atoms with Gasteiger partial charge >= 0.3 is 0 Å². The first-order valence-corrected chi connectivity index (χ1v) is 6.86. The molecular weight excluding hydrogens is 342 g/mol. The van der Waals surface area contributed by atoms with Crippen molar-refractivity contribution in [2.75, 3.05) is 0 Å². The van der Waals surface area contributed by atoms with Gasteiger partial charge in [-0.1, -0.05) is 56.1 Å². The Bertz CT molecular complexity index is 632. The smallest absolute Gasteiger partial charge is 0.0487 e. The summed E-state index contributed by atoms with van der Waals surface area (Å²) >= 11 is 7.18. The number of aromatic amines is 1. The van der Waals surface area contributed by atoms with E-state index in [-0.39, 0.29) is 0 Å². The highest BCUT2D eigenvalue weighted by Gasteiger charge is 2.09. The Morgan fingerprint density at radius 1 is 0.824 bits per heavy atom. The normalized spacial score (nSPS) is 10.9. The lowest BCUT2D eigenvalue weighted by Crippen LogP contribution is -1.81. The van der Waals surface area contributed by atoms with Crippen LogP contribution in [0.15, 0.2) is 57.5 Å². The zero-order valence-electron chi connectivity index (χ0n) is 8.87. The Morgan fingerprint density at radius 3 is 2.24 bits per heavy atom. The molecule has 0 aliphatic carbocycles. The summed E-state index contributed by atoms with van der Waals surface area (Å²) in [6.45, 7) is 0. The predicted octanol–water partition coefficient (Wildman–Crippen LogP) is 5.36. The molecule has 0 aliphatic rings. The Balaban J connectivity index is 2.27. The van der Waals surface area contributed by atoms with Crippen LogP contribution in [0.3, 0.4) is 0 Å². The molecule has 3 heteroatoms. The number of halogens is 2. The van der Waals surface area contributed by atoms with E-state index in [2.05, 4.69) is 61.1 Å². The number of para-hydroxylation sites is 1. The fourth-order valence-corrected chi connectivity index (χ4v) is 3.39. The van der Waals surface area contributed by atoms with Crippen molar-refractivity contribution < 1.29 is 0 Å². The number of hydrogen-bond acceptors (Lipinski definition) is 0. The molecule has 3 aromatic rings. The summed E-state index contributed by atoms with van der Waals surface area (Å²) in [5, 5.41) is 1.23. The summed E-state index contributed by atoms with van der Waals surface area (Å²) in [6.07, 6.45) is 0. The average Bonchev–Trinajstić information content (AvgIpc) is 2.71. The third-order valence-electron chi connectivity index (χ3n) is 2.76. The van der Waals surface area contributed by atoms with Gasteiger partial charge in [0.2, 0.25) is 0 Å². The van der Waals surface area contributed by atoms with Crippen molar-refractivity contribution in [3.05, 3.63) is 57.5 Å². The van der Waals surface area contributed by atoms with Crippen LogP contribution < -0.4 is 0 Å². The third kappa shape index (κ3) is 1.94. The van der Waals surface area contributed by atoms with Gasteiger partial charge in [0, 0.05) is 31.1 Å². The van der Waals surface area contributed by atoms with Gasteiger partial charge in [-0.3, -0.25) is 0 Å². The van der Waals surface area contributed by atoms with Gasteiger partial charge in [0.1, 0.15) is 0 Å². The molecule has 0 fully saturated rings. The minimum absolute atomic E-state index is 1.08. The molecule has 84 valence electrons. The first-order valence-electron chi connectivity index (χ1n) is 5.28. The van der Waals surface area contributed by atoms with Crippen molar-refractivity contribution in [1.82, 2.24) is 4.98 Å². The standard InChI is InChI=1S/C14H9Br2N/c15-10-5-3-6-11(16)14(10)13-8-9-4-1-2-7-12(9)17-13/h1-8,17H. The van der Waals surface area contributed by atoms with Crippen molar-refractivity contribution in [2.45, 2.75) is 0 Å². The van der Waals surface area contributed by atoms with Crippen LogP contribution in [0, 0.1) is 0 Å². The molecule has 3 rings (SSSR count). The number of benzene rings is 2. The van der Waals surface area contributed by atoms with E-state index in [1.165, 1.54) is 5.39 Å². The molecule has 0 atom stereocenters. The molecule has 1 N–H and O–H groups in total. The second kappa shape index (κ2) is 4.31. The second-order valence-corrected chi connectivity index (χ2v) is 5.58. The first-order chi connectivity index (χ1) is 8.25. The molecule has 0 unspecified atom stereocenters. The summed E-state index contributed by atoms with van der Waals surface area (Å²) in [4.78, 5) is 3.43. The van der Waals surface area contributed by atoms with E-state index in [1.54, 1.807) is 0 Å². The van der Waals surface area contributed by atoms with Gasteiger partial charge in [0.05, 0.1) is 0 Å². The van der Waals surface area contributed by atoms with Gasteiger partial charge in [0.15, 0.2) is 0 Å². The maximum absolute atomic E-state index is 3.59. The molecule has 2 aromatic carbocycles.